The fraction of sp³-hybridized carbons (Fsp3) is 0.189. The van der Waals surface area contributed by atoms with Crippen LogP contribution in [0.25, 0.3) is 44.4 Å². The quantitative estimate of drug-likeness (QED) is 0.0944. The van der Waals surface area contributed by atoms with Gasteiger partial charge in [0.1, 0.15) is 34.0 Å². The maximum absolute atomic E-state index is 13.3. The van der Waals surface area contributed by atoms with Crippen molar-refractivity contribution in [3.05, 3.63) is 111 Å². The van der Waals surface area contributed by atoms with Crippen LogP contribution in [0.5, 0.6) is 11.5 Å². The zero-order valence-corrected chi connectivity index (χ0v) is 26.6. The Labute approximate surface area is 279 Å². The Balaban J connectivity index is 1.04. The highest BCUT2D eigenvalue weighted by molar-refractivity contribution is 7.80. The summed E-state index contributed by atoms with van der Waals surface area (Å²) in [6, 6.07) is 21.1. The molecule has 0 saturated heterocycles. The monoisotopic (exact) mass is 662 g/mol. The lowest BCUT2D eigenvalue weighted by Crippen LogP contribution is -2.44. The summed E-state index contributed by atoms with van der Waals surface area (Å²) in [5, 5.41) is 17.0. The molecule has 10 nitrogen and oxygen atoms in total. The molecule has 2 heterocycles. The molecule has 242 valence electrons. The molecule has 1 aromatic heterocycles. The van der Waals surface area contributed by atoms with Gasteiger partial charge in [0.2, 0.25) is 0 Å². The van der Waals surface area contributed by atoms with E-state index in [2.05, 4.69) is 10.6 Å². The number of nitrogens with one attached hydrogen (secondary N) is 2. The number of ether oxygens (including phenoxy) is 1. The highest BCUT2D eigenvalue weighted by Gasteiger charge is 2.26. The van der Waals surface area contributed by atoms with Crippen molar-refractivity contribution in [3.8, 4) is 33.9 Å². The van der Waals surface area contributed by atoms with E-state index in [1.807, 2.05) is 18.2 Å². The Hall–Kier alpha value is -5.55. The second kappa shape index (κ2) is 12.6. The summed E-state index contributed by atoms with van der Waals surface area (Å²) in [5.41, 5.74) is 2.49. The molecule has 0 unspecified atom stereocenters. The third-order valence-corrected chi connectivity index (χ3v) is 9.16. The topological polar surface area (TPSA) is 148 Å². The largest absolute Gasteiger partial charge is 0.508 e. The lowest BCUT2D eigenvalue weighted by molar-refractivity contribution is 0.0890. The average molecular weight is 663 g/mol. The van der Waals surface area contributed by atoms with Crippen LogP contribution in [0.3, 0.4) is 0 Å². The first-order chi connectivity index (χ1) is 23.2. The van der Waals surface area contributed by atoms with Gasteiger partial charge in [0.05, 0.1) is 7.11 Å². The van der Waals surface area contributed by atoms with Crippen molar-refractivity contribution in [2.24, 2.45) is 0 Å². The van der Waals surface area contributed by atoms with E-state index in [0.717, 1.165) is 22.1 Å². The maximum Gasteiger partial charge on any atom is 0.349 e. The number of aromatic hydroxyl groups is 1. The van der Waals surface area contributed by atoms with Gasteiger partial charge in [-0.25, -0.2) is 4.79 Å². The lowest BCUT2D eigenvalue weighted by atomic mass is 9.90. The van der Waals surface area contributed by atoms with Crippen molar-refractivity contribution in [2.45, 2.75) is 42.7 Å². The van der Waals surface area contributed by atoms with Crippen LogP contribution >= 0.6 is 12.6 Å². The van der Waals surface area contributed by atoms with Gasteiger partial charge in [0.25, 0.3) is 11.8 Å². The van der Waals surface area contributed by atoms with Crippen LogP contribution in [-0.2, 0) is 0 Å². The average Bonchev–Trinajstić information content (AvgIpc) is 3.07. The first kappa shape index (κ1) is 31.1. The Morgan fingerprint density at radius 1 is 0.792 bits per heavy atom. The molecule has 3 N–H and O–H groups in total. The molecule has 1 saturated carbocycles. The van der Waals surface area contributed by atoms with Gasteiger partial charge in [-0.3, -0.25) is 14.4 Å². The Bertz CT molecular complexity index is 2320. The normalized spacial score (nSPS) is 16.2. The van der Waals surface area contributed by atoms with E-state index in [0.29, 0.717) is 58.6 Å². The fourth-order valence-electron chi connectivity index (χ4n) is 6.32. The van der Waals surface area contributed by atoms with Gasteiger partial charge in [0.15, 0.2) is 5.43 Å². The third kappa shape index (κ3) is 6.00. The summed E-state index contributed by atoms with van der Waals surface area (Å²) in [4.78, 5) is 51.4. The minimum atomic E-state index is -0.776. The van der Waals surface area contributed by atoms with Gasteiger partial charge in [-0.1, -0.05) is 6.07 Å². The molecule has 1 fully saturated rings. The van der Waals surface area contributed by atoms with Gasteiger partial charge >= 0.3 is 5.63 Å². The number of amides is 2. The molecule has 3 aromatic carbocycles. The molecular weight excluding hydrogens is 632 g/mol. The summed E-state index contributed by atoms with van der Waals surface area (Å²) < 4.78 is 16.7. The molecule has 3 aliphatic rings. The van der Waals surface area contributed by atoms with Crippen LogP contribution in [0.4, 0.5) is 0 Å². The third-order valence-electron chi connectivity index (χ3n) is 8.79. The molecule has 0 spiro atoms. The minimum absolute atomic E-state index is 0.0385. The molecule has 4 aromatic rings. The summed E-state index contributed by atoms with van der Waals surface area (Å²) in [6.45, 7) is 0. The molecule has 2 aliphatic carbocycles. The number of phenolic OH excluding ortho intramolecular Hbond substituents is 1. The number of hydrogen-bond donors (Lipinski definition) is 4. The molecule has 1 aliphatic heterocycles. The van der Waals surface area contributed by atoms with Crippen molar-refractivity contribution < 1.29 is 28.3 Å². The number of rotatable bonds is 6. The van der Waals surface area contributed by atoms with E-state index in [1.165, 1.54) is 30.3 Å². The summed E-state index contributed by atoms with van der Waals surface area (Å²) in [7, 11) is 1.57. The van der Waals surface area contributed by atoms with Gasteiger partial charge in [-0.05, 0) is 85.8 Å². The number of thiol groups is 1. The number of carbonyl (C=O) groups is 2. The predicted octanol–water partition coefficient (Wildman–Crippen LogP) is 6.15. The van der Waals surface area contributed by atoms with E-state index < -0.39 is 11.5 Å². The van der Waals surface area contributed by atoms with E-state index in [-0.39, 0.29) is 40.3 Å². The summed E-state index contributed by atoms with van der Waals surface area (Å²) >= 11 is 4.78. The van der Waals surface area contributed by atoms with Gasteiger partial charge in [0, 0.05) is 62.6 Å². The van der Waals surface area contributed by atoms with Crippen molar-refractivity contribution in [2.75, 3.05) is 7.11 Å². The van der Waals surface area contributed by atoms with Crippen molar-refractivity contribution in [1.82, 2.24) is 10.6 Å². The highest BCUT2D eigenvalue weighted by Crippen LogP contribution is 2.43. The Morgan fingerprint density at radius 2 is 1.52 bits per heavy atom. The van der Waals surface area contributed by atoms with Gasteiger partial charge < -0.3 is 29.3 Å². The summed E-state index contributed by atoms with van der Waals surface area (Å²) in [6.07, 6.45) is 2.53. The molecule has 0 bridgehead atoms. The Kier molecular flexibility index (Phi) is 8.14. The smallest absolute Gasteiger partial charge is 0.349 e. The Morgan fingerprint density at radius 3 is 2.25 bits per heavy atom. The number of phenols is 1. The fourth-order valence-corrected chi connectivity index (χ4v) is 6.65. The first-order valence-electron chi connectivity index (χ1n) is 15.4. The standard InChI is InChI=1S/C37H30N2O8S/c1-45-25-10-13-27-32(18-25)46-31-17-24(41)9-12-26(31)34(27)28-11-3-20(15-33(28)48)35(42)38-21-4-6-22(7-5-21)39-36(43)29-14-19-2-8-23(40)16-30(19)47-37(29)44/h2-3,8-18,21-22,40,48H,4-7H2,1H3,(H,38,42)(H,39,43). The van der Waals surface area contributed by atoms with Crippen LogP contribution in [0.1, 0.15) is 46.4 Å². The molecule has 2 amide bonds. The van der Waals surface area contributed by atoms with Crippen LogP contribution in [0.15, 0.2) is 102 Å². The predicted molar refractivity (Wildman–Crippen MR) is 183 cm³/mol. The van der Waals surface area contributed by atoms with E-state index >= 15 is 0 Å². The van der Waals surface area contributed by atoms with Crippen molar-refractivity contribution in [1.29, 1.82) is 0 Å². The maximum atomic E-state index is 13.3. The highest BCUT2D eigenvalue weighted by atomic mass is 32.1. The van der Waals surface area contributed by atoms with E-state index in [9.17, 15) is 24.3 Å². The number of fused-ring (bicyclic) bond motifs is 3. The second-order valence-electron chi connectivity index (χ2n) is 11.9. The molecule has 48 heavy (non-hydrogen) atoms. The molecule has 7 rings (SSSR count). The van der Waals surface area contributed by atoms with Crippen LogP contribution in [0.2, 0.25) is 0 Å². The number of methoxy groups -OCH3 is 1. The molecular formula is C37H30N2O8S. The zero-order valence-electron chi connectivity index (χ0n) is 25.7. The van der Waals surface area contributed by atoms with Crippen LogP contribution in [0, 0.1) is 0 Å². The second-order valence-corrected chi connectivity index (χ2v) is 12.4. The van der Waals surface area contributed by atoms with Gasteiger partial charge in [-0.15, -0.1) is 12.6 Å². The summed E-state index contributed by atoms with van der Waals surface area (Å²) in [5.74, 6) is 0.254. The first-order valence-corrected chi connectivity index (χ1v) is 15.9. The van der Waals surface area contributed by atoms with Crippen molar-refractivity contribution >= 4 is 46.4 Å². The number of benzene rings is 4. The van der Waals surface area contributed by atoms with Crippen molar-refractivity contribution in [3.63, 3.8) is 0 Å². The molecule has 0 radical (unpaired) electrons. The van der Waals surface area contributed by atoms with Crippen LogP contribution in [-0.4, -0.2) is 36.1 Å². The molecule has 11 heteroatoms. The number of hydrogen-bond acceptors (Lipinski definition) is 9. The van der Waals surface area contributed by atoms with Crippen LogP contribution < -0.4 is 26.4 Å². The minimum Gasteiger partial charge on any atom is -0.508 e. The van der Waals surface area contributed by atoms with Gasteiger partial charge in [-0.2, -0.15) is 0 Å². The molecule has 0 atom stereocenters. The zero-order chi connectivity index (χ0) is 33.5. The van der Waals surface area contributed by atoms with E-state index in [1.54, 1.807) is 37.4 Å². The number of carbonyl (C=O) groups excluding carboxylic acids is 2. The van der Waals surface area contributed by atoms with E-state index in [4.69, 9.17) is 26.2 Å². The lowest BCUT2D eigenvalue weighted by Gasteiger charge is -2.29. The SMILES string of the molecule is COc1ccc2c(-c3ccc(C(=O)NC4CCC(NC(=O)c5cc6ccc(O)cc6oc5=O)CC4)cc3S)c3ccc(=O)cc-3oc2c1.